The Balaban J connectivity index is 1.83. The molecule has 0 spiro atoms. The summed E-state index contributed by atoms with van der Waals surface area (Å²) < 4.78 is 0. The molecule has 2 aromatic carbocycles. The monoisotopic (exact) mass is 280 g/mol. The van der Waals surface area contributed by atoms with Crippen molar-refractivity contribution in [3.63, 3.8) is 0 Å². The first-order valence-electron chi connectivity index (χ1n) is 7.35. The molecule has 108 valence electrons. The van der Waals surface area contributed by atoms with Crippen LogP contribution in [0, 0.1) is 6.92 Å². The SMILES string of the molecule is Cc1cccc(CN(C(=O)c2cccc(N)c2)C2CC2)c1. The fourth-order valence-electron chi connectivity index (χ4n) is 2.60. The molecule has 0 unspecified atom stereocenters. The highest BCUT2D eigenvalue weighted by Crippen LogP contribution is 2.30. The highest BCUT2D eigenvalue weighted by Gasteiger charge is 2.33. The van der Waals surface area contributed by atoms with Gasteiger partial charge in [-0.05, 0) is 43.5 Å². The third-order valence-corrected chi connectivity index (χ3v) is 3.82. The number of nitrogens with zero attached hydrogens (tertiary/aromatic N) is 1. The quantitative estimate of drug-likeness (QED) is 0.873. The Morgan fingerprint density at radius 2 is 1.95 bits per heavy atom. The predicted molar refractivity (Wildman–Crippen MR) is 84.9 cm³/mol. The van der Waals surface area contributed by atoms with Crippen LogP contribution >= 0.6 is 0 Å². The van der Waals surface area contributed by atoms with Gasteiger partial charge in [-0.25, -0.2) is 0 Å². The van der Waals surface area contributed by atoms with Gasteiger partial charge in [0.1, 0.15) is 0 Å². The smallest absolute Gasteiger partial charge is 0.254 e. The van der Waals surface area contributed by atoms with Crippen LogP contribution in [-0.4, -0.2) is 16.8 Å². The van der Waals surface area contributed by atoms with Crippen LogP contribution in [-0.2, 0) is 6.54 Å². The normalized spacial score (nSPS) is 14.0. The molecule has 0 aliphatic heterocycles. The van der Waals surface area contributed by atoms with Crippen LogP contribution in [0.3, 0.4) is 0 Å². The number of rotatable bonds is 4. The largest absolute Gasteiger partial charge is 0.399 e. The molecule has 3 nitrogen and oxygen atoms in total. The highest BCUT2D eigenvalue weighted by atomic mass is 16.2. The van der Waals surface area contributed by atoms with Crippen molar-refractivity contribution < 1.29 is 4.79 Å². The summed E-state index contributed by atoms with van der Waals surface area (Å²) in [4.78, 5) is 14.7. The molecule has 21 heavy (non-hydrogen) atoms. The number of nitrogens with two attached hydrogens (primary N) is 1. The van der Waals surface area contributed by atoms with Gasteiger partial charge in [0, 0.05) is 23.8 Å². The number of carbonyl (C=O) groups is 1. The predicted octanol–water partition coefficient (Wildman–Crippen LogP) is 3.38. The lowest BCUT2D eigenvalue weighted by molar-refractivity contribution is 0.0730. The van der Waals surface area contributed by atoms with Crippen LogP contribution in [0.2, 0.25) is 0 Å². The van der Waals surface area contributed by atoms with E-state index in [4.69, 9.17) is 5.73 Å². The Labute approximate surface area is 125 Å². The first kappa shape index (κ1) is 13.7. The minimum absolute atomic E-state index is 0.0753. The van der Waals surface area contributed by atoms with Crippen molar-refractivity contribution in [3.8, 4) is 0 Å². The molecule has 0 heterocycles. The van der Waals surface area contributed by atoms with Gasteiger partial charge in [0.2, 0.25) is 0 Å². The second-order valence-corrected chi connectivity index (χ2v) is 5.78. The molecule has 0 radical (unpaired) electrons. The summed E-state index contributed by atoms with van der Waals surface area (Å²) in [5.74, 6) is 0.0753. The topological polar surface area (TPSA) is 46.3 Å². The van der Waals surface area contributed by atoms with Crippen LogP contribution in [0.25, 0.3) is 0 Å². The summed E-state index contributed by atoms with van der Waals surface area (Å²) in [6.45, 7) is 2.74. The molecule has 0 aromatic heterocycles. The standard InChI is InChI=1S/C18H20N2O/c1-13-4-2-5-14(10-13)12-20(17-8-9-17)18(21)15-6-3-7-16(19)11-15/h2-7,10-11,17H,8-9,12,19H2,1H3. The van der Waals surface area contributed by atoms with E-state index in [1.807, 2.05) is 23.1 Å². The fourth-order valence-corrected chi connectivity index (χ4v) is 2.60. The maximum absolute atomic E-state index is 12.7. The first-order chi connectivity index (χ1) is 10.1. The van der Waals surface area contributed by atoms with Crippen LogP contribution in [0.4, 0.5) is 5.69 Å². The zero-order chi connectivity index (χ0) is 14.8. The summed E-state index contributed by atoms with van der Waals surface area (Å²) in [7, 11) is 0. The van der Waals surface area contributed by atoms with Gasteiger partial charge < -0.3 is 10.6 Å². The lowest BCUT2D eigenvalue weighted by Gasteiger charge is -2.23. The van der Waals surface area contributed by atoms with E-state index < -0.39 is 0 Å². The van der Waals surface area contributed by atoms with Gasteiger partial charge >= 0.3 is 0 Å². The van der Waals surface area contributed by atoms with Gasteiger partial charge in [0.15, 0.2) is 0 Å². The van der Waals surface area contributed by atoms with Crippen molar-refractivity contribution in [1.82, 2.24) is 4.90 Å². The Morgan fingerprint density at radius 1 is 1.19 bits per heavy atom. The van der Waals surface area contributed by atoms with E-state index in [0.29, 0.717) is 23.8 Å². The molecular weight excluding hydrogens is 260 g/mol. The molecule has 0 atom stereocenters. The summed E-state index contributed by atoms with van der Waals surface area (Å²) in [5.41, 5.74) is 9.50. The highest BCUT2D eigenvalue weighted by molar-refractivity contribution is 5.95. The number of nitrogen functional groups attached to an aromatic ring is 1. The molecular formula is C18H20N2O. The second kappa shape index (κ2) is 5.60. The average Bonchev–Trinajstić information content (AvgIpc) is 3.29. The lowest BCUT2D eigenvalue weighted by Crippen LogP contribution is -2.32. The molecule has 3 heteroatoms. The Hall–Kier alpha value is -2.29. The Bertz CT molecular complexity index is 662. The van der Waals surface area contributed by atoms with E-state index in [1.165, 1.54) is 11.1 Å². The van der Waals surface area contributed by atoms with E-state index in [2.05, 4.69) is 25.1 Å². The minimum atomic E-state index is 0.0753. The van der Waals surface area contributed by atoms with Gasteiger partial charge in [-0.15, -0.1) is 0 Å². The molecule has 0 bridgehead atoms. The van der Waals surface area contributed by atoms with Crippen LogP contribution in [0.5, 0.6) is 0 Å². The van der Waals surface area contributed by atoms with E-state index in [-0.39, 0.29) is 5.91 Å². The molecule has 1 saturated carbocycles. The van der Waals surface area contributed by atoms with E-state index in [0.717, 1.165) is 12.8 Å². The zero-order valence-electron chi connectivity index (χ0n) is 12.3. The minimum Gasteiger partial charge on any atom is -0.399 e. The molecule has 1 amide bonds. The number of anilines is 1. The summed E-state index contributed by atoms with van der Waals surface area (Å²) in [6.07, 6.45) is 2.19. The van der Waals surface area contributed by atoms with Crippen molar-refractivity contribution in [1.29, 1.82) is 0 Å². The van der Waals surface area contributed by atoms with E-state index in [1.54, 1.807) is 12.1 Å². The number of hydrogen-bond acceptors (Lipinski definition) is 2. The van der Waals surface area contributed by atoms with Gasteiger partial charge in [0.25, 0.3) is 5.91 Å². The first-order valence-corrected chi connectivity index (χ1v) is 7.35. The third kappa shape index (κ3) is 3.24. The van der Waals surface area contributed by atoms with Crippen molar-refractivity contribution in [2.24, 2.45) is 0 Å². The second-order valence-electron chi connectivity index (χ2n) is 5.78. The molecule has 2 N–H and O–H groups in total. The molecule has 1 aliphatic rings. The number of benzene rings is 2. The number of carbonyl (C=O) groups excluding carboxylic acids is 1. The number of amides is 1. The number of hydrogen-bond donors (Lipinski definition) is 1. The zero-order valence-corrected chi connectivity index (χ0v) is 12.3. The van der Waals surface area contributed by atoms with E-state index in [9.17, 15) is 4.79 Å². The fraction of sp³-hybridized carbons (Fsp3) is 0.278. The van der Waals surface area contributed by atoms with Gasteiger partial charge in [-0.2, -0.15) is 0 Å². The summed E-state index contributed by atoms with van der Waals surface area (Å²) >= 11 is 0. The van der Waals surface area contributed by atoms with Gasteiger partial charge in [0.05, 0.1) is 0 Å². The molecule has 1 aliphatic carbocycles. The summed E-state index contributed by atoms with van der Waals surface area (Å²) in [6, 6.07) is 15.9. The Morgan fingerprint density at radius 3 is 2.62 bits per heavy atom. The average molecular weight is 280 g/mol. The van der Waals surface area contributed by atoms with Gasteiger partial charge in [-0.3, -0.25) is 4.79 Å². The summed E-state index contributed by atoms with van der Waals surface area (Å²) in [5, 5.41) is 0. The van der Waals surface area contributed by atoms with Crippen LogP contribution < -0.4 is 5.73 Å². The van der Waals surface area contributed by atoms with Crippen molar-refractivity contribution in [2.45, 2.75) is 32.4 Å². The maximum Gasteiger partial charge on any atom is 0.254 e. The maximum atomic E-state index is 12.7. The lowest BCUT2D eigenvalue weighted by atomic mass is 10.1. The molecule has 0 saturated heterocycles. The van der Waals surface area contributed by atoms with Crippen molar-refractivity contribution in [3.05, 3.63) is 65.2 Å². The van der Waals surface area contributed by atoms with Crippen molar-refractivity contribution >= 4 is 11.6 Å². The molecule has 2 aromatic rings. The molecule has 3 rings (SSSR count). The number of aryl methyl sites for hydroxylation is 1. The van der Waals surface area contributed by atoms with Crippen LogP contribution in [0.15, 0.2) is 48.5 Å². The van der Waals surface area contributed by atoms with E-state index >= 15 is 0 Å². The van der Waals surface area contributed by atoms with Crippen molar-refractivity contribution in [2.75, 3.05) is 5.73 Å². The van der Waals surface area contributed by atoms with Crippen LogP contribution in [0.1, 0.15) is 34.3 Å². The van der Waals surface area contributed by atoms with Gasteiger partial charge in [-0.1, -0.05) is 35.9 Å². The Kier molecular flexibility index (Phi) is 3.65. The third-order valence-electron chi connectivity index (χ3n) is 3.82. The molecule has 1 fully saturated rings.